The second-order valence-electron chi connectivity index (χ2n) is 7.55. The van der Waals surface area contributed by atoms with E-state index in [9.17, 15) is 4.79 Å². The number of aromatic nitrogens is 2. The summed E-state index contributed by atoms with van der Waals surface area (Å²) in [6.45, 7) is 0.976. The lowest BCUT2D eigenvalue weighted by Gasteiger charge is -2.33. The summed E-state index contributed by atoms with van der Waals surface area (Å²) in [5, 5.41) is 6.87. The molecule has 1 N–H and O–H groups in total. The molecule has 0 fully saturated rings. The molecule has 1 unspecified atom stereocenters. The number of nitrogens with one attached hydrogen (secondary N) is 1. The van der Waals surface area contributed by atoms with Gasteiger partial charge in [0.05, 0.1) is 38.6 Å². The maximum Gasteiger partial charge on any atom is 0.255 e. The van der Waals surface area contributed by atoms with Gasteiger partial charge in [-0.05, 0) is 41.3 Å². The number of benzene rings is 2. The summed E-state index contributed by atoms with van der Waals surface area (Å²) in [5.74, 6) is 0.806. The minimum absolute atomic E-state index is 0.0277. The molecule has 2 atom stereocenters. The third kappa shape index (κ3) is 3.19. The maximum atomic E-state index is 13.7. The Morgan fingerprint density at radius 2 is 2.07 bits per heavy atom. The second kappa shape index (κ2) is 7.80. The molecular formula is C24H23N3O3. The summed E-state index contributed by atoms with van der Waals surface area (Å²) in [6.07, 6.45) is 8.51. The van der Waals surface area contributed by atoms with Gasteiger partial charge in [-0.2, -0.15) is 5.10 Å². The van der Waals surface area contributed by atoms with Crippen molar-refractivity contribution in [3.05, 3.63) is 83.7 Å². The van der Waals surface area contributed by atoms with E-state index in [1.54, 1.807) is 13.3 Å². The largest absolute Gasteiger partial charge is 0.497 e. The first-order chi connectivity index (χ1) is 14.8. The molecule has 0 saturated carbocycles. The van der Waals surface area contributed by atoms with Crippen LogP contribution in [0.2, 0.25) is 0 Å². The van der Waals surface area contributed by atoms with E-state index in [2.05, 4.69) is 28.4 Å². The van der Waals surface area contributed by atoms with Crippen molar-refractivity contribution < 1.29 is 14.3 Å². The van der Waals surface area contributed by atoms with E-state index in [0.717, 1.165) is 40.0 Å². The summed E-state index contributed by atoms with van der Waals surface area (Å²) in [5.41, 5.74) is 4.77. The SMILES string of the molecule is COc1cccc([C@H]2COC/C=C\CC3c4ccc(-c5cn[nH]c5)cc4C(=O)N32)c1. The molecular weight excluding hydrogens is 378 g/mol. The molecule has 3 heterocycles. The Kier molecular flexibility index (Phi) is 4.85. The summed E-state index contributed by atoms with van der Waals surface area (Å²) in [4.78, 5) is 15.6. The van der Waals surface area contributed by atoms with Gasteiger partial charge in [0.15, 0.2) is 0 Å². The van der Waals surface area contributed by atoms with Crippen molar-refractivity contribution in [1.29, 1.82) is 0 Å². The molecule has 0 radical (unpaired) electrons. The second-order valence-corrected chi connectivity index (χ2v) is 7.55. The average molecular weight is 401 g/mol. The molecule has 2 aromatic carbocycles. The molecule has 0 aliphatic carbocycles. The van der Waals surface area contributed by atoms with Gasteiger partial charge in [-0.3, -0.25) is 9.89 Å². The number of amides is 1. The highest BCUT2D eigenvalue weighted by Crippen LogP contribution is 2.44. The van der Waals surface area contributed by atoms with Crippen molar-refractivity contribution in [3.8, 4) is 16.9 Å². The van der Waals surface area contributed by atoms with Crippen molar-refractivity contribution in [2.45, 2.75) is 18.5 Å². The smallest absolute Gasteiger partial charge is 0.255 e. The molecule has 1 aromatic heterocycles. The minimum Gasteiger partial charge on any atom is -0.497 e. The van der Waals surface area contributed by atoms with Crippen LogP contribution in [0.5, 0.6) is 5.75 Å². The van der Waals surface area contributed by atoms with E-state index >= 15 is 0 Å². The monoisotopic (exact) mass is 401 g/mol. The lowest BCUT2D eigenvalue weighted by Crippen LogP contribution is -2.35. The number of hydrogen-bond acceptors (Lipinski definition) is 4. The van der Waals surface area contributed by atoms with Crippen LogP contribution in [-0.2, 0) is 4.74 Å². The first-order valence-electron chi connectivity index (χ1n) is 10.1. The third-order valence-corrected chi connectivity index (χ3v) is 5.87. The Balaban J connectivity index is 1.59. The quantitative estimate of drug-likeness (QED) is 0.665. The molecule has 6 nitrogen and oxygen atoms in total. The molecule has 2 aliphatic heterocycles. The number of carbonyl (C=O) groups is 1. The van der Waals surface area contributed by atoms with Crippen LogP contribution in [0.3, 0.4) is 0 Å². The maximum absolute atomic E-state index is 13.7. The number of H-pyrrole nitrogens is 1. The van der Waals surface area contributed by atoms with Crippen molar-refractivity contribution >= 4 is 5.91 Å². The summed E-state index contributed by atoms with van der Waals surface area (Å²) >= 11 is 0. The van der Waals surface area contributed by atoms with Crippen LogP contribution in [0.25, 0.3) is 11.1 Å². The van der Waals surface area contributed by atoms with Gasteiger partial charge in [-0.15, -0.1) is 0 Å². The van der Waals surface area contributed by atoms with E-state index in [-0.39, 0.29) is 18.0 Å². The Hall–Kier alpha value is -3.38. The van der Waals surface area contributed by atoms with Crippen molar-refractivity contribution in [3.63, 3.8) is 0 Å². The average Bonchev–Trinajstić information content (AvgIpc) is 3.42. The molecule has 5 rings (SSSR count). The Labute approximate surface area is 175 Å². The summed E-state index contributed by atoms with van der Waals surface area (Å²) < 4.78 is 11.3. The number of nitrogens with zero attached hydrogens (tertiary/aromatic N) is 2. The highest BCUT2D eigenvalue weighted by atomic mass is 16.5. The van der Waals surface area contributed by atoms with Gasteiger partial charge in [0, 0.05) is 17.3 Å². The van der Waals surface area contributed by atoms with Crippen LogP contribution in [0.1, 0.15) is 40.0 Å². The molecule has 3 aromatic rings. The molecule has 6 heteroatoms. The van der Waals surface area contributed by atoms with Gasteiger partial charge in [0.2, 0.25) is 0 Å². The predicted octanol–water partition coefficient (Wildman–Crippen LogP) is 4.30. The van der Waals surface area contributed by atoms with Crippen molar-refractivity contribution in [1.82, 2.24) is 15.1 Å². The molecule has 0 spiro atoms. The first kappa shape index (κ1) is 18.6. The van der Waals surface area contributed by atoms with E-state index in [1.807, 2.05) is 47.5 Å². The highest BCUT2D eigenvalue weighted by molar-refractivity contribution is 6.00. The molecule has 1 amide bonds. The molecule has 0 bridgehead atoms. The van der Waals surface area contributed by atoms with E-state index in [1.165, 1.54) is 0 Å². The lowest BCUT2D eigenvalue weighted by molar-refractivity contribution is 0.0410. The summed E-state index contributed by atoms with van der Waals surface area (Å²) in [7, 11) is 1.65. The molecule has 30 heavy (non-hydrogen) atoms. The fourth-order valence-corrected chi connectivity index (χ4v) is 4.38. The number of carbonyl (C=O) groups excluding carboxylic acids is 1. The fraction of sp³-hybridized carbons (Fsp3) is 0.250. The molecule has 2 aliphatic rings. The topological polar surface area (TPSA) is 67.5 Å². The number of methoxy groups -OCH3 is 1. The van der Waals surface area contributed by atoms with Crippen LogP contribution < -0.4 is 4.74 Å². The predicted molar refractivity (Wildman–Crippen MR) is 113 cm³/mol. The van der Waals surface area contributed by atoms with Crippen LogP contribution in [0, 0.1) is 0 Å². The van der Waals surface area contributed by atoms with E-state index in [4.69, 9.17) is 9.47 Å². The Morgan fingerprint density at radius 1 is 1.13 bits per heavy atom. The molecule has 0 saturated heterocycles. The van der Waals surface area contributed by atoms with Crippen molar-refractivity contribution in [2.24, 2.45) is 0 Å². The van der Waals surface area contributed by atoms with Gasteiger partial charge < -0.3 is 14.4 Å². The molecule has 152 valence electrons. The normalized spacial score (nSPS) is 21.9. The van der Waals surface area contributed by atoms with Gasteiger partial charge in [0.1, 0.15) is 5.75 Å². The first-order valence-corrected chi connectivity index (χ1v) is 10.1. The van der Waals surface area contributed by atoms with Crippen LogP contribution in [0.4, 0.5) is 0 Å². The minimum atomic E-state index is -0.192. The summed E-state index contributed by atoms with van der Waals surface area (Å²) in [6, 6.07) is 13.8. The van der Waals surface area contributed by atoms with E-state index < -0.39 is 0 Å². The zero-order valence-electron chi connectivity index (χ0n) is 16.7. The van der Waals surface area contributed by atoms with Crippen LogP contribution >= 0.6 is 0 Å². The van der Waals surface area contributed by atoms with Crippen LogP contribution in [0.15, 0.2) is 67.0 Å². The standard InChI is InChI=1S/C24H23N3O3/c1-29-19-6-4-5-17(11-19)23-15-30-10-3-2-7-22-20-9-8-16(18-13-25-26-14-18)12-21(20)24(28)27(22)23/h2-6,8-9,11-14,22-23H,7,10,15H2,1H3,(H,25,26)/b3-2-/t22?,23-/m1/s1. The van der Waals surface area contributed by atoms with Gasteiger partial charge in [0.25, 0.3) is 5.91 Å². The third-order valence-electron chi connectivity index (χ3n) is 5.87. The lowest BCUT2D eigenvalue weighted by atomic mass is 9.97. The van der Waals surface area contributed by atoms with Crippen molar-refractivity contribution in [2.75, 3.05) is 20.3 Å². The number of ether oxygens (including phenoxy) is 2. The van der Waals surface area contributed by atoms with Gasteiger partial charge in [-0.1, -0.05) is 36.4 Å². The fourth-order valence-electron chi connectivity index (χ4n) is 4.38. The van der Waals surface area contributed by atoms with E-state index in [0.29, 0.717) is 13.2 Å². The van der Waals surface area contributed by atoms with Crippen LogP contribution in [-0.4, -0.2) is 41.3 Å². The van der Waals surface area contributed by atoms with Gasteiger partial charge in [-0.25, -0.2) is 0 Å². The zero-order valence-corrected chi connectivity index (χ0v) is 16.7. The Bertz CT molecular complexity index is 1090. The van der Waals surface area contributed by atoms with Gasteiger partial charge >= 0.3 is 0 Å². The number of fused-ring (bicyclic) bond motifs is 3. The number of aromatic amines is 1. The number of hydrogen-bond donors (Lipinski definition) is 1. The highest BCUT2D eigenvalue weighted by Gasteiger charge is 2.41. The number of rotatable bonds is 3. The Morgan fingerprint density at radius 3 is 2.90 bits per heavy atom. The zero-order chi connectivity index (χ0) is 20.5.